The van der Waals surface area contributed by atoms with Crippen LogP contribution in [0.5, 0.6) is 0 Å². The van der Waals surface area contributed by atoms with E-state index in [-0.39, 0.29) is 0 Å². The van der Waals surface area contributed by atoms with Gasteiger partial charge in [0.1, 0.15) is 0 Å². The summed E-state index contributed by atoms with van der Waals surface area (Å²) in [4.78, 5) is 0. The van der Waals surface area contributed by atoms with Gasteiger partial charge in [-0.05, 0) is 110 Å². The van der Waals surface area contributed by atoms with Crippen molar-refractivity contribution in [2.24, 2.45) is 0 Å². The van der Waals surface area contributed by atoms with Crippen LogP contribution in [-0.4, -0.2) is 9.13 Å². The molecule has 2 aromatic heterocycles. The van der Waals surface area contributed by atoms with Crippen molar-refractivity contribution in [3.8, 4) is 44.8 Å². The van der Waals surface area contributed by atoms with Gasteiger partial charge in [-0.3, -0.25) is 0 Å². The third kappa shape index (κ3) is 4.88. The minimum Gasteiger partial charge on any atom is -0.316 e. The van der Waals surface area contributed by atoms with E-state index in [0.717, 1.165) is 11.4 Å². The average Bonchev–Trinajstić information content (AvgIpc) is 3.84. The van der Waals surface area contributed by atoms with Crippen molar-refractivity contribution in [1.29, 1.82) is 0 Å². The highest BCUT2D eigenvalue weighted by Gasteiger charge is 2.18. The quantitative estimate of drug-likeness (QED) is 0.160. The SMILES string of the molecule is c1ccc(-c2cc(-c3ccccc3)cc(-n3ccc4c3ccc3c5ccccc5n(-c5ccc(-c6ccc7c(ccc8ccccc87)c6)cc5)c34)c2)cc1. The zero-order valence-electron chi connectivity index (χ0n) is 29.5. The van der Waals surface area contributed by atoms with Gasteiger partial charge in [0.25, 0.3) is 0 Å². The molecule has 0 fully saturated rings. The van der Waals surface area contributed by atoms with Crippen LogP contribution in [0.3, 0.4) is 0 Å². The Labute approximate surface area is 313 Å². The van der Waals surface area contributed by atoms with Gasteiger partial charge in [-0.2, -0.15) is 0 Å². The van der Waals surface area contributed by atoms with Crippen LogP contribution >= 0.6 is 0 Å². The van der Waals surface area contributed by atoms with Crippen LogP contribution in [-0.2, 0) is 0 Å². The van der Waals surface area contributed by atoms with Crippen molar-refractivity contribution < 1.29 is 0 Å². The van der Waals surface area contributed by atoms with Crippen LogP contribution in [0, 0.1) is 0 Å². The Kier molecular flexibility index (Phi) is 6.90. The number of hydrogen-bond acceptors (Lipinski definition) is 0. The summed E-state index contributed by atoms with van der Waals surface area (Å²) in [6, 6.07) is 73.0. The fourth-order valence-electron chi connectivity index (χ4n) is 8.51. The molecule has 54 heavy (non-hydrogen) atoms. The zero-order chi connectivity index (χ0) is 35.6. The van der Waals surface area contributed by atoms with E-state index in [9.17, 15) is 0 Å². The summed E-state index contributed by atoms with van der Waals surface area (Å²) in [7, 11) is 0. The van der Waals surface area contributed by atoms with Gasteiger partial charge in [0, 0.05) is 33.7 Å². The highest BCUT2D eigenvalue weighted by Crippen LogP contribution is 2.39. The summed E-state index contributed by atoms with van der Waals surface area (Å²) in [5.74, 6) is 0. The Hall–Kier alpha value is -7.16. The number of benzene rings is 9. The number of hydrogen-bond donors (Lipinski definition) is 0. The fourth-order valence-corrected chi connectivity index (χ4v) is 8.51. The number of para-hydroxylation sites is 1. The predicted molar refractivity (Wildman–Crippen MR) is 229 cm³/mol. The molecular weight excluding hydrogens is 653 g/mol. The van der Waals surface area contributed by atoms with Gasteiger partial charge < -0.3 is 9.13 Å². The molecule has 11 rings (SSSR count). The molecule has 0 bridgehead atoms. The third-order valence-electron chi connectivity index (χ3n) is 11.1. The van der Waals surface area contributed by atoms with E-state index < -0.39 is 0 Å². The van der Waals surface area contributed by atoms with Crippen molar-refractivity contribution in [3.05, 3.63) is 206 Å². The molecule has 0 saturated carbocycles. The molecule has 2 heteroatoms. The van der Waals surface area contributed by atoms with E-state index >= 15 is 0 Å². The second-order valence-corrected chi connectivity index (χ2v) is 14.2. The Bertz CT molecular complexity index is 3130. The summed E-state index contributed by atoms with van der Waals surface area (Å²) < 4.78 is 4.80. The molecule has 11 aromatic rings. The molecule has 0 amide bonds. The van der Waals surface area contributed by atoms with E-state index in [1.807, 2.05) is 0 Å². The second kappa shape index (κ2) is 12.2. The van der Waals surface area contributed by atoms with Gasteiger partial charge in [0.2, 0.25) is 0 Å². The van der Waals surface area contributed by atoms with Crippen molar-refractivity contribution in [2.45, 2.75) is 0 Å². The van der Waals surface area contributed by atoms with Gasteiger partial charge in [-0.15, -0.1) is 0 Å². The molecule has 0 saturated heterocycles. The molecule has 0 unspecified atom stereocenters. The summed E-state index contributed by atoms with van der Waals surface area (Å²) >= 11 is 0. The van der Waals surface area contributed by atoms with Crippen LogP contribution in [0.4, 0.5) is 0 Å². The van der Waals surface area contributed by atoms with Crippen LogP contribution in [0.1, 0.15) is 0 Å². The molecule has 9 aromatic carbocycles. The maximum atomic E-state index is 2.45. The first-order valence-corrected chi connectivity index (χ1v) is 18.6. The predicted octanol–water partition coefficient (Wildman–Crippen LogP) is 14.0. The van der Waals surface area contributed by atoms with Crippen molar-refractivity contribution >= 4 is 54.3 Å². The second-order valence-electron chi connectivity index (χ2n) is 14.2. The molecule has 0 radical (unpaired) electrons. The number of rotatable bonds is 5. The largest absolute Gasteiger partial charge is 0.316 e. The number of fused-ring (bicyclic) bond motifs is 8. The maximum Gasteiger partial charge on any atom is 0.0635 e. The van der Waals surface area contributed by atoms with Crippen LogP contribution in [0.2, 0.25) is 0 Å². The summed E-state index contributed by atoms with van der Waals surface area (Å²) in [5, 5.41) is 8.85. The monoisotopic (exact) mass is 686 g/mol. The molecule has 2 nitrogen and oxygen atoms in total. The minimum absolute atomic E-state index is 1.14. The molecule has 2 heterocycles. The van der Waals surface area contributed by atoms with Gasteiger partial charge in [-0.1, -0.05) is 146 Å². The van der Waals surface area contributed by atoms with Gasteiger partial charge in [0.05, 0.1) is 16.6 Å². The molecular formula is C52H34N2. The van der Waals surface area contributed by atoms with Crippen molar-refractivity contribution in [2.75, 3.05) is 0 Å². The standard InChI is InChI=1S/C52H34N2/c1-3-11-35(12-4-1)41-32-42(36-13-5-2-6-14-36)34-44(33-41)53-30-29-49-50(53)28-27-48-47-17-9-10-18-51(47)54(52(48)49)43-24-21-37(22-25-43)39-23-26-46-40(31-39)20-19-38-15-7-8-16-45(38)46/h1-34H. The summed E-state index contributed by atoms with van der Waals surface area (Å²) in [6.45, 7) is 0. The van der Waals surface area contributed by atoms with E-state index in [2.05, 4.69) is 216 Å². The number of aromatic nitrogens is 2. The van der Waals surface area contributed by atoms with Gasteiger partial charge >= 0.3 is 0 Å². The topological polar surface area (TPSA) is 9.86 Å². The molecule has 0 spiro atoms. The Morgan fingerprint density at radius 2 is 0.870 bits per heavy atom. The Morgan fingerprint density at radius 3 is 1.63 bits per heavy atom. The van der Waals surface area contributed by atoms with Gasteiger partial charge in [-0.25, -0.2) is 0 Å². The fraction of sp³-hybridized carbons (Fsp3) is 0. The maximum absolute atomic E-state index is 2.45. The summed E-state index contributed by atoms with van der Waals surface area (Å²) in [5.41, 5.74) is 13.1. The lowest BCUT2D eigenvalue weighted by atomic mass is 9.97. The highest BCUT2D eigenvalue weighted by molar-refractivity contribution is 6.18. The van der Waals surface area contributed by atoms with E-state index in [1.54, 1.807) is 0 Å². The minimum atomic E-state index is 1.14. The first kappa shape index (κ1) is 30.5. The molecule has 0 aliphatic heterocycles. The lowest BCUT2D eigenvalue weighted by molar-refractivity contribution is 1.13. The zero-order valence-corrected chi connectivity index (χ0v) is 29.5. The lowest BCUT2D eigenvalue weighted by Gasteiger charge is -2.14. The molecule has 0 aliphatic carbocycles. The average molecular weight is 687 g/mol. The van der Waals surface area contributed by atoms with E-state index in [1.165, 1.54) is 87.6 Å². The van der Waals surface area contributed by atoms with Crippen LogP contribution < -0.4 is 0 Å². The first-order chi connectivity index (χ1) is 26.8. The Balaban J connectivity index is 1.06. The molecule has 0 atom stereocenters. The smallest absolute Gasteiger partial charge is 0.0635 e. The van der Waals surface area contributed by atoms with Crippen molar-refractivity contribution in [3.63, 3.8) is 0 Å². The molecule has 0 N–H and O–H groups in total. The van der Waals surface area contributed by atoms with Crippen molar-refractivity contribution in [1.82, 2.24) is 9.13 Å². The van der Waals surface area contributed by atoms with E-state index in [0.29, 0.717) is 0 Å². The molecule has 252 valence electrons. The number of nitrogens with zero attached hydrogens (tertiary/aromatic N) is 2. The first-order valence-electron chi connectivity index (χ1n) is 18.6. The van der Waals surface area contributed by atoms with Crippen LogP contribution in [0.15, 0.2) is 206 Å². The normalized spacial score (nSPS) is 11.7. The lowest BCUT2D eigenvalue weighted by Crippen LogP contribution is -1.96. The highest BCUT2D eigenvalue weighted by atomic mass is 15.0. The van der Waals surface area contributed by atoms with Crippen LogP contribution in [0.25, 0.3) is 99.0 Å². The third-order valence-corrected chi connectivity index (χ3v) is 11.1. The molecule has 0 aliphatic rings. The van der Waals surface area contributed by atoms with E-state index in [4.69, 9.17) is 0 Å². The van der Waals surface area contributed by atoms with Gasteiger partial charge in [0.15, 0.2) is 0 Å². The Morgan fingerprint density at radius 1 is 0.278 bits per heavy atom. The summed E-state index contributed by atoms with van der Waals surface area (Å²) in [6.07, 6.45) is 2.23.